The zero-order chi connectivity index (χ0) is 20.8. The molecule has 5 nitrogen and oxygen atoms in total. The van der Waals surface area contributed by atoms with E-state index in [2.05, 4.69) is 24.3 Å². The zero-order valence-electron chi connectivity index (χ0n) is 17.4. The largest absolute Gasteiger partial charge is 0.445 e. The van der Waals surface area contributed by atoms with E-state index in [0.717, 1.165) is 31.2 Å². The number of carbonyl (C=O) groups excluding carboxylic acids is 1. The van der Waals surface area contributed by atoms with Gasteiger partial charge >= 0.3 is 6.09 Å². The van der Waals surface area contributed by atoms with Crippen LogP contribution in [0.1, 0.15) is 43.2 Å². The molecule has 0 radical (unpaired) electrons. The predicted octanol–water partition coefficient (Wildman–Crippen LogP) is 4.33. The fraction of sp³-hybridized carbons (Fsp3) is 0.480. The van der Waals surface area contributed by atoms with Gasteiger partial charge in [0, 0.05) is 0 Å². The van der Waals surface area contributed by atoms with E-state index in [-0.39, 0.29) is 24.8 Å². The molecular weight excluding hydrogens is 378 g/mol. The molecule has 2 aliphatic rings. The Bertz CT molecular complexity index is 796. The Hall–Kier alpha value is -2.37. The zero-order valence-corrected chi connectivity index (χ0v) is 17.4. The van der Waals surface area contributed by atoms with Gasteiger partial charge in [-0.1, -0.05) is 67.1 Å². The van der Waals surface area contributed by atoms with Crippen LogP contribution >= 0.6 is 0 Å². The number of morpholine rings is 1. The first-order valence-electron chi connectivity index (χ1n) is 11.0. The Morgan fingerprint density at radius 2 is 1.57 bits per heavy atom. The molecule has 2 saturated heterocycles. The van der Waals surface area contributed by atoms with Crippen LogP contribution in [-0.4, -0.2) is 47.0 Å². The first-order valence-corrected chi connectivity index (χ1v) is 11.0. The summed E-state index contributed by atoms with van der Waals surface area (Å²) in [5.74, 6) is 0. The molecule has 0 aliphatic carbocycles. The summed E-state index contributed by atoms with van der Waals surface area (Å²) >= 11 is 0. The number of nitrogens with zero attached hydrogens (tertiary/aromatic N) is 1. The number of hydrogen-bond donors (Lipinski definition) is 1. The Morgan fingerprint density at radius 3 is 2.20 bits per heavy atom. The van der Waals surface area contributed by atoms with Crippen LogP contribution in [0.2, 0.25) is 0 Å². The number of fused-ring (bicyclic) bond motifs is 2. The molecule has 2 unspecified atom stereocenters. The molecule has 0 saturated carbocycles. The number of rotatable bonds is 7. The summed E-state index contributed by atoms with van der Waals surface area (Å²) in [4.78, 5) is 14.6. The van der Waals surface area contributed by atoms with Crippen molar-refractivity contribution in [2.24, 2.45) is 0 Å². The van der Waals surface area contributed by atoms with Crippen molar-refractivity contribution < 1.29 is 19.4 Å². The Balaban J connectivity index is 1.29. The van der Waals surface area contributed by atoms with Gasteiger partial charge in [-0.15, -0.1) is 0 Å². The molecule has 2 heterocycles. The summed E-state index contributed by atoms with van der Waals surface area (Å²) in [6.45, 7) is 1.19. The van der Waals surface area contributed by atoms with Crippen LogP contribution in [-0.2, 0) is 22.5 Å². The van der Waals surface area contributed by atoms with Crippen LogP contribution in [0.15, 0.2) is 60.7 Å². The number of amides is 1. The molecule has 0 aromatic heterocycles. The molecule has 1 N–H and O–H groups in total. The highest BCUT2D eigenvalue weighted by Crippen LogP contribution is 2.38. The summed E-state index contributed by atoms with van der Waals surface area (Å²) < 4.78 is 11.3. The molecule has 2 bridgehead atoms. The fourth-order valence-electron chi connectivity index (χ4n) is 4.80. The number of hydrogen-bond acceptors (Lipinski definition) is 4. The molecule has 2 fully saturated rings. The lowest BCUT2D eigenvalue weighted by Crippen LogP contribution is -2.63. The summed E-state index contributed by atoms with van der Waals surface area (Å²) in [7, 11) is 0. The van der Waals surface area contributed by atoms with Crippen LogP contribution in [0.3, 0.4) is 0 Å². The normalized spacial score (nSPS) is 25.7. The van der Waals surface area contributed by atoms with Crippen molar-refractivity contribution in [3.63, 3.8) is 0 Å². The second-order valence-electron chi connectivity index (χ2n) is 8.62. The number of benzene rings is 2. The Morgan fingerprint density at radius 1 is 0.967 bits per heavy atom. The second-order valence-corrected chi connectivity index (χ2v) is 8.62. The molecule has 4 rings (SSSR count). The Labute approximate surface area is 178 Å². The topological polar surface area (TPSA) is 59.0 Å². The average molecular weight is 410 g/mol. The molecule has 5 heteroatoms. The van der Waals surface area contributed by atoms with Crippen molar-refractivity contribution in [3.05, 3.63) is 71.8 Å². The van der Waals surface area contributed by atoms with Crippen LogP contribution in [0, 0.1) is 0 Å². The molecule has 160 valence electrons. The second kappa shape index (κ2) is 9.63. The molecule has 30 heavy (non-hydrogen) atoms. The summed E-state index contributed by atoms with van der Waals surface area (Å²) in [6.07, 6.45) is 4.63. The highest BCUT2D eigenvalue weighted by molar-refractivity contribution is 5.69. The predicted molar refractivity (Wildman–Crippen MR) is 115 cm³/mol. The smallest absolute Gasteiger partial charge is 0.410 e. The van der Waals surface area contributed by atoms with E-state index in [1.54, 1.807) is 0 Å². The Kier molecular flexibility index (Phi) is 6.70. The molecule has 2 atom stereocenters. The fourth-order valence-corrected chi connectivity index (χ4v) is 4.80. The number of carbonyl (C=O) groups is 1. The van der Waals surface area contributed by atoms with Gasteiger partial charge in [0.05, 0.1) is 30.9 Å². The third kappa shape index (κ3) is 5.21. The molecule has 2 aromatic rings. The summed E-state index contributed by atoms with van der Waals surface area (Å²) in [5, 5.41) is 11.2. The summed E-state index contributed by atoms with van der Waals surface area (Å²) in [5.41, 5.74) is 1.58. The number of piperidine rings is 1. The molecule has 0 spiro atoms. The number of unbranched alkanes of at least 4 members (excludes halogenated alkanes) is 1. The highest BCUT2D eigenvalue weighted by Gasteiger charge is 2.48. The lowest BCUT2D eigenvalue weighted by atomic mass is 9.78. The maximum absolute atomic E-state index is 12.8. The first-order chi connectivity index (χ1) is 14.6. The minimum absolute atomic E-state index is 0.125. The molecular formula is C25H31NO4. The summed E-state index contributed by atoms with van der Waals surface area (Å²) in [6, 6.07) is 19.9. The van der Waals surface area contributed by atoms with E-state index in [4.69, 9.17) is 9.47 Å². The van der Waals surface area contributed by atoms with Crippen LogP contribution in [0.25, 0.3) is 0 Å². The number of aliphatic hydroxyl groups is 1. The van der Waals surface area contributed by atoms with E-state index in [0.29, 0.717) is 26.1 Å². The van der Waals surface area contributed by atoms with Crippen LogP contribution in [0.5, 0.6) is 0 Å². The molecule has 1 amide bonds. The van der Waals surface area contributed by atoms with Crippen molar-refractivity contribution in [2.45, 2.75) is 62.8 Å². The third-order valence-electron chi connectivity index (χ3n) is 6.25. The first kappa shape index (κ1) is 20.9. The van der Waals surface area contributed by atoms with E-state index < -0.39 is 5.60 Å². The van der Waals surface area contributed by atoms with Crippen molar-refractivity contribution in [1.29, 1.82) is 0 Å². The minimum Gasteiger partial charge on any atom is -0.445 e. The number of aryl methyl sites for hydroxylation is 1. The maximum Gasteiger partial charge on any atom is 0.410 e. The maximum atomic E-state index is 12.8. The van der Waals surface area contributed by atoms with Crippen molar-refractivity contribution in [3.8, 4) is 0 Å². The van der Waals surface area contributed by atoms with Gasteiger partial charge in [-0.05, 0) is 43.2 Å². The van der Waals surface area contributed by atoms with Gasteiger partial charge in [0.2, 0.25) is 0 Å². The SMILES string of the molecule is O=C(OCc1ccccc1)N1C2COCC1CC(O)(CCCCc1ccccc1)C2. The van der Waals surface area contributed by atoms with E-state index in [1.807, 2.05) is 41.3 Å². The van der Waals surface area contributed by atoms with Crippen LogP contribution < -0.4 is 0 Å². The molecule has 2 aliphatic heterocycles. The third-order valence-corrected chi connectivity index (χ3v) is 6.25. The standard InChI is InChI=1S/C25H31NO4/c27-24(30-17-21-12-5-2-6-13-21)26-22-15-25(28,16-23(26)19-29-18-22)14-8-7-11-20-9-3-1-4-10-20/h1-6,9-10,12-13,22-23,28H,7-8,11,14-19H2. The van der Waals surface area contributed by atoms with Gasteiger partial charge in [0.1, 0.15) is 6.61 Å². The van der Waals surface area contributed by atoms with Gasteiger partial charge in [-0.2, -0.15) is 0 Å². The van der Waals surface area contributed by atoms with E-state index in [1.165, 1.54) is 5.56 Å². The van der Waals surface area contributed by atoms with Gasteiger partial charge < -0.3 is 14.6 Å². The van der Waals surface area contributed by atoms with Crippen molar-refractivity contribution in [1.82, 2.24) is 4.90 Å². The molecule has 2 aromatic carbocycles. The van der Waals surface area contributed by atoms with Gasteiger partial charge in [0.25, 0.3) is 0 Å². The van der Waals surface area contributed by atoms with Crippen molar-refractivity contribution in [2.75, 3.05) is 13.2 Å². The van der Waals surface area contributed by atoms with Gasteiger partial charge in [-0.3, -0.25) is 4.90 Å². The highest BCUT2D eigenvalue weighted by atomic mass is 16.6. The van der Waals surface area contributed by atoms with Gasteiger partial charge in [0.15, 0.2) is 0 Å². The minimum atomic E-state index is -0.730. The number of ether oxygens (including phenoxy) is 2. The lowest BCUT2D eigenvalue weighted by molar-refractivity contribution is -0.136. The quantitative estimate of drug-likeness (QED) is 0.692. The average Bonchev–Trinajstić information content (AvgIpc) is 2.76. The van der Waals surface area contributed by atoms with Crippen molar-refractivity contribution >= 4 is 6.09 Å². The van der Waals surface area contributed by atoms with Gasteiger partial charge in [-0.25, -0.2) is 4.79 Å². The monoisotopic (exact) mass is 409 g/mol. The van der Waals surface area contributed by atoms with E-state index >= 15 is 0 Å². The van der Waals surface area contributed by atoms with Crippen LogP contribution in [0.4, 0.5) is 4.79 Å². The van der Waals surface area contributed by atoms with E-state index in [9.17, 15) is 9.90 Å². The lowest BCUT2D eigenvalue weighted by Gasteiger charge is -2.51.